The number of benzene rings is 4. The Morgan fingerprint density at radius 2 is 1.53 bits per heavy atom. The Morgan fingerprint density at radius 3 is 2.21 bits per heavy atom. The first-order valence-electron chi connectivity index (χ1n) is 22.3. The average Bonchev–Trinajstić information content (AvgIpc) is 3.83. The highest BCUT2D eigenvalue weighted by Crippen LogP contribution is 2.47. The minimum Gasteiger partial charge on any atom is -0.457 e. The smallest absolute Gasteiger partial charge is 0.247 e. The Kier molecular flexibility index (Phi) is 15.2. The highest BCUT2D eigenvalue weighted by atomic mass is 35.5. The van der Waals surface area contributed by atoms with E-state index in [2.05, 4.69) is 32.8 Å². The fraction of sp³-hybridized carbons (Fsp3) is 0.392. The van der Waals surface area contributed by atoms with Crippen molar-refractivity contribution in [2.75, 3.05) is 41.3 Å². The molecule has 2 aliphatic rings. The van der Waals surface area contributed by atoms with Gasteiger partial charge in [0.15, 0.2) is 0 Å². The van der Waals surface area contributed by atoms with Gasteiger partial charge in [-0.05, 0) is 111 Å². The number of hydrogen-bond acceptors (Lipinski definition) is 8. The summed E-state index contributed by atoms with van der Waals surface area (Å²) in [6, 6.07) is 25.0. The van der Waals surface area contributed by atoms with Crippen LogP contribution in [0.15, 0.2) is 97.2 Å². The number of amides is 4. The summed E-state index contributed by atoms with van der Waals surface area (Å²) in [4.78, 5) is 70.0. The molecule has 1 aliphatic heterocycles. The molecule has 4 amide bonds. The Morgan fingerprint density at radius 1 is 0.848 bits per heavy atom. The zero-order chi connectivity index (χ0) is 47.4. The van der Waals surface area contributed by atoms with E-state index in [-0.39, 0.29) is 37.3 Å². The van der Waals surface area contributed by atoms with Gasteiger partial charge in [0.25, 0.3) is 0 Å². The molecule has 0 unspecified atom stereocenters. The van der Waals surface area contributed by atoms with Crippen LogP contribution in [-0.2, 0) is 45.7 Å². The molecule has 0 spiro atoms. The van der Waals surface area contributed by atoms with Gasteiger partial charge in [0.05, 0.1) is 43.5 Å². The number of nitrogens with one attached hydrogen (secondary N) is 1. The van der Waals surface area contributed by atoms with Crippen molar-refractivity contribution in [2.24, 2.45) is 13.0 Å². The molecular formula is C51H59Cl2N7O6. The van der Waals surface area contributed by atoms with Crippen LogP contribution >= 0.6 is 23.2 Å². The number of halogens is 2. The first-order chi connectivity index (χ1) is 31.5. The molecule has 1 saturated heterocycles. The fourth-order valence-electron chi connectivity index (χ4n) is 9.32. The standard InChI is InChI=1S/C51H59Cl2N7O6/c1-31-22-42(41-11-9-8-10-40(31)41)43-25-48(62)60(27-35-14-19-37(53)24-46(35)66-39-20-15-34(16-21-39)45-26-54-47(59(45)7)29-56(3)4)32(2)49(63)55-44(30-61)51(65)58(6)38(28-57(5)50(43)64)23-33-12-17-36(52)18-13-33/h8-21,24,26,31-32,38,42-44,61H,22-23,25,27-30H2,1-7H3,(H,55,63)/t31-,32-,38+,42-,43-,44-/m0/s1. The van der Waals surface area contributed by atoms with Crippen LogP contribution in [0.25, 0.3) is 11.3 Å². The highest BCUT2D eigenvalue weighted by molar-refractivity contribution is 6.31. The second-order valence-corrected chi connectivity index (χ2v) is 18.9. The van der Waals surface area contributed by atoms with Crippen LogP contribution in [0.5, 0.6) is 11.5 Å². The second-order valence-electron chi connectivity index (χ2n) is 18.0. The summed E-state index contributed by atoms with van der Waals surface area (Å²) in [5.41, 5.74) is 5.49. The SMILES string of the molecule is C[C@H]1C[C@H]([C@@H]2CC(=O)N(Cc3ccc(Cl)cc3Oc3ccc(-c4cnc(CN(C)C)n4C)cc3)[C@@H](C)C(=O)N[C@@H](CO)C(=O)N(C)[C@H](Cc3ccc(Cl)cc3)CN(C)C2=O)c2ccccc21. The first kappa shape index (κ1) is 48.2. The highest BCUT2D eigenvalue weighted by Gasteiger charge is 2.42. The van der Waals surface area contributed by atoms with Crippen LogP contribution in [0.4, 0.5) is 0 Å². The molecule has 1 aromatic heterocycles. The molecule has 15 heteroatoms. The number of imidazole rings is 1. The summed E-state index contributed by atoms with van der Waals surface area (Å²) in [6.07, 6.45) is 2.67. The molecule has 348 valence electrons. The third kappa shape index (κ3) is 10.8. The molecule has 0 saturated carbocycles. The lowest BCUT2D eigenvalue weighted by Crippen LogP contribution is -2.58. The van der Waals surface area contributed by atoms with Gasteiger partial charge in [-0.25, -0.2) is 4.98 Å². The number of carbonyl (C=O) groups is 4. The van der Waals surface area contributed by atoms with E-state index in [1.807, 2.05) is 81.9 Å². The average molecular weight is 937 g/mol. The molecular weight excluding hydrogens is 878 g/mol. The normalized spacial score (nSPS) is 22.1. The lowest BCUT2D eigenvalue weighted by atomic mass is 9.83. The van der Waals surface area contributed by atoms with E-state index in [1.165, 1.54) is 9.80 Å². The number of carbonyl (C=O) groups excluding carboxylic acids is 4. The van der Waals surface area contributed by atoms with Crippen molar-refractivity contribution in [3.05, 3.63) is 135 Å². The van der Waals surface area contributed by atoms with Gasteiger partial charge in [-0.15, -0.1) is 0 Å². The number of nitrogens with zero attached hydrogens (tertiary/aromatic N) is 6. The van der Waals surface area contributed by atoms with Crippen LogP contribution in [0.3, 0.4) is 0 Å². The topological polar surface area (TPSA) is 141 Å². The molecule has 1 aliphatic carbocycles. The number of likely N-dealkylation sites (N-methyl/N-ethyl adjacent to an activating group) is 2. The molecule has 13 nitrogen and oxygen atoms in total. The zero-order valence-electron chi connectivity index (χ0n) is 38.6. The van der Waals surface area contributed by atoms with E-state index in [9.17, 15) is 14.7 Å². The predicted molar refractivity (Wildman–Crippen MR) is 256 cm³/mol. The number of rotatable bonds is 11. The van der Waals surface area contributed by atoms with Gasteiger partial charge >= 0.3 is 0 Å². The van der Waals surface area contributed by atoms with Gasteiger partial charge in [0.2, 0.25) is 23.6 Å². The number of ether oxygens (including phenoxy) is 1. The number of fused-ring (bicyclic) bond motifs is 1. The Hall–Kier alpha value is -5.73. The molecule has 66 heavy (non-hydrogen) atoms. The Balaban J connectivity index is 1.23. The third-order valence-electron chi connectivity index (χ3n) is 13.1. The molecule has 2 N–H and O–H groups in total. The lowest BCUT2D eigenvalue weighted by Gasteiger charge is -2.38. The van der Waals surface area contributed by atoms with E-state index in [0.717, 1.165) is 33.8 Å². The van der Waals surface area contributed by atoms with E-state index in [1.54, 1.807) is 56.3 Å². The molecule has 2 heterocycles. The van der Waals surface area contributed by atoms with Crippen molar-refractivity contribution in [3.63, 3.8) is 0 Å². The van der Waals surface area contributed by atoms with Gasteiger partial charge in [-0.1, -0.05) is 72.6 Å². The summed E-state index contributed by atoms with van der Waals surface area (Å²) >= 11 is 12.8. The maximum Gasteiger partial charge on any atom is 0.247 e. The van der Waals surface area contributed by atoms with Crippen molar-refractivity contribution in [2.45, 2.75) is 76.2 Å². The maximum absolute atomic E-state index is 15.1. The predicted octanol–water partition coefficient (Wildman–Crippen LogP) is 7.28. The van der Waals surface area contributed by atoms with Crippen LogP contribution in [0, 0.1) is 5.92 Å². The van der Waals surface area contributed by atoms with Crippen LogP contribution in [0.1, 0.15) is 66.6 Å². The molecule has 7 rings (SSSR count). The van der Waals surface area contributed by atoms with Crippen LogP contribution in [-0.4, -0.2) is 117 Å². The van der Waals surface area contributed by atoms with Gasteiger partial charge < -0.3 is 39.3 Å². The van der Waals surface area contributed by atoms with Gasteiger partial charge in [-0.2, -0.15) is 0 Å². The van der Waals surface area contributed by atoms with Crippen molar-refractivity contribution in [1.29, 1.82) is 0 Å². The maximum atomic E-state index is 15.1. The van der Waals surface area contributed by atoms with Crippen molar-refractivity contribution >= 4 is 46.8 Å². The summed E-state index contributed by atoms with van der Waals surface area (Å²) in [5, 5.41) is 14.3. The number of aromatic nitrogens is 2. The molecule has 1 fully saturated rings. The van der Waals surface area contributed by atoms with Gasteiger partial charge in [-0.3, -0.25) is 19.2 Å². The summed E-state index contributed by atoms with van der Waals surface area (Å²) in [6.45, 7) is 3.74. The molecule has 0 radical (unpaired) electrons. The third-order valence-corrected chi connectivity index (χ3v) is 13.6. The summed E-state index contributed by atoms with van der Waals surface area (Å²) < 4.78 is 8.53. The first-order valence-corrected chi connectivity index (χ1v) is 23.1. The number of hydrogen-bond donors (Lipinski definition) is 2. The van der Waals surface area contributed by atoms with E-state index in [0.29, 0.717) is 46.5 Å². The monoisotopic (exact) mass is 935 g/mol. The largest absolute Gasteiger partial charge is 0.457 e. The molecule has 4 aromatic carbocycles. The molecule has 6 atom stereocenters. The zero-order valence-corrected chi connectivity index (χ0v) is 40.1. The molecule has 5 aromatic rings. The van der Waals surface area contributed by atoms with E-state index >= 15 is 9.59 Å². The minimum atomic E-state index is -1.33. The second kappa shape index (κ2) is 20.8. The molecule has 0 bridgehead atoms. The van der Waals surface area contributed by atoms with Crippen molar-refractivity contribution < 1.29 is 29.0 Å². The Bertz CT molecular complexity index is 2550. The van der Waals surface area contributed by atoms with Gasteiger partial charge in [0, 0.05) is 55.3 Å². The van der Waals surface area contributed by atoms with Crippen LogP contribution in [0.2, 0.25) is 10.0 Å². The number of aliphatic hydroxyl groups excluding tert-OH is 1. The van der Waals surface area contributed by atoms with E-state index in [4.69, 9.17) is 27.9 Å². The van der Waals surface area contributed by atoms with Crippen molar-refractivity contribution in [3.8, 4) is 22.8 Å². The fourth-order valence-corrected chi connectivity index (χ4v) is 9.60. The quantitative estimate of drug-likeness (QED) is 0.141. The van der Waals surface area contributed by atoms with Gasteiger partial charge in [0.1, 0.15) is 29.4 Å². The Labute approximate surface area is 397 Å². The van der Waals surface area contributed by atoms with Crippen molar-refractivity contribution in [1.82, 2.24) is 34.5 Å². The van der Waals surface area contributed by atoms with Crippen LogP contribution < -0.4 is 10.1 Å². The lowest BCUT2D eigenvalue weighted by molar-refractivity contribution is -0.148. The summed E-state index contributed by atoms with van der Waals surface area (Å²) in [7, 11) is 9.30. The van der Waals surface area contributed by atoms with E-state index < -0.39 is 48.4 Å². The summed E-state index contributed by atoms with van der Waals surface area (Å²) in [5.74, 6) is -0.989. The minimum absolute atomic E-state index is 0.100. The number of aliphatic hydroxyl groups is 1.